The average molecular weight is 342 g/mol. The van der Waals surface area contributed by atoms with E-state index >= 15 is 0 Å². The second-order valence-corrected chi connectivity index (χ2v) is 7.76. The number of carbonyl (C=O) groups excluding carboxylic acids is 1. The van der Waals surface area contributed by atoms with Crippen molar-refractivity contribution in [3.05, 3.63) is 41.0 Å². The van der Waals surface area contributed by atoms with Crippen LogP contribution >= 0.6 is 0 Å². The number of aliphatic hydroxyl groups excluding tert-OH is 1. The molecule has 2 aliphatic rings. The Balaban J connectivity index is 1.96. The highest BCUT2D eigenvalue weighted by atomic mass is 16.5. The molecule has 3 heteroatoms. The molecule has 2 fully saturated rings. The predicted octanol–water partition coefficient (Wildman–Crippen LogP) is 4.72. The van der Waals surface area contributed by atoms with Crippen LogP contribution in [0.5, 0.6) is 0 Å². The van der Waals surface area contributed by atoms with E-state index in [9.17, 15) is 9.90 Å². The zero-order chi connectivity index (χ0) is 17.8. The minimum absolute atomic E-state index is 0.111. The minimum atomic E-state index is -0.602. The topological polar surface area (TPSA) is 46.5 Å². The van der Waals surface area contributed by atoms with Gasteiger partial charge in [0.1, 0.15) is 6.10 Å². The molecule has 1 saturated heterocycles. The summed E-state index contributed by atoms with van der Waals surface area (Å²) in [6, 6.07) is 6.43. The van der Waals surface area contributed by atoms with E-state index in [2.05, 4.69) is 38.1 Å². The Morgan fingerprint density at radius 2 is 1.88 bits per heavy atom. The van der Waals surface area contributed by atoms with Crippen molar-refractivity contribution in [2.45, 2.75) is 77.4 Å². The molecule has 0 bridgehead atoms. The molecular formula is C22H30O3. The fraction of sp³-hybridized carbons (Fsp3) is 0.591. The number of hydrogen-bond donors (Lipinski definition) is 1. The Morgan fingerprint density at radius 3 is 2.52 bits per heavy atom. The molecule has 0 amide bonds. The lowest BCUT2D eigenvalue weighted by Gasteiger charge is -2.30. The Bertz CT molecular complexity index is 639. The second kappa shape index (κ2) is 8.18. The Labute approximate surface area is 151 Å². The smallest absolute Gasteiger partial charge is 0.309 e. The first kappa shape index (κ1) is 18.2. The minimum Gasteiger partial charge on any atom is -0.457 e. The van der Waals surface area contributed by atoms with Crippen molar-refractivity contribution in [1.29, 1.82) is 0 Å². The van der Waals surface area contributed by atoms with Gasteiger partial charge in [0.2, 0.25) is 0 Å². The van der Waals surface area contributed by atoms with Crippen molar-refractivity contribution in [1.82, 2.24) is 0 Å². The Kier molecular flexibility index (Phi) is 5.95. The van der Waals surface area contributed by atoms with Crippen LogP contribution in [0.2, 0.25) is 0 Å². The zero-order valence-corrected chi connectivity index (χ0v) is 15.5. The van der Waals surface area contributed by atoms with Crippen molar-refractivity contribution in [2.24, 2.45) is 5.92 Å². The Hall–Kier alpha value is -1.61. The molecule has 1 aliphatic heterocycles. The van der Waals surface area contributed by atoms with Crippen LogP contribution in [0.15, 0.2) is 24.3 Å². The molecular weight excluding hydrogens is 312 g/mol. The molecule has 3 nitrogen and oxygen atoms in total. The van der Waals surface area contributed by atoms with Crippen molar-refractivity contribution in [3.63, 3.8) is 0 Å². The lowest BCUT2D eigenvalue weighted by molar-refractivity contribution is -0.155. The Morgan fingerprint density at radius 1 is 1.16 bits per heavy atom. The number of esters is 1. The summed E-state index contributed by atoms with van der Waals surface area (Å²) >= 11 is 0. The maximum absolute atomic E-state index is 11.9. The fourth-order valence-corrected chi connectivity index (χ4v) is 4.21. The van der Waals surface area contributed by atoms with Crippen LogP contribution in [-0.4, -0.2) is 23.3 Å². The summed E-state index contributed by atoms with van der Waals surface area (Å²) in [5.41, 5.74) is 4.69. The van der Waals surface area contributed by atoms with Gasteiger partial charge in [-0.1, -0.05) is 55.5 Å². The maximum Gasteiger partial charge on any atom is 0.309 e. The lowest BCUT2D eigenvalue weighted by atomic mass is 9.86. The molecule has 2 atom stereocenters. The molecule has 1 N–H and O–H groups in total. The van der Waals surface area contributed by atoms with Gasteiger partial charge < -0.3 is 9.84 Å². The van der Waals surface area contributed by atoms with Gasteiger partial charge in [-0.3, -0.25) is 4.79 Å². The molecule has 0 spiro atoms. The average Bonchev–Trinajstić information content (AvgIpc) is 2.81. The second-order valence-electron chi connectivity index (χ2n) is 7.76. The van der Waals surface area contributed by atoms with E-state index in [0.717, 1.165) is 11.1 Å². The highest BCUT2D eigenvalue weighted by Crippen LogP contribution is 2.34. The van der Waals surface area contributed by atoms with Crippen molar-refractivity contribution in [2.75, 3.05) is 0 Å². The third kappa shape index (κ3) is 4.72. The van der Waals surface area contributed by atoms with Crippen molar-refractivity contribution in [3.8, 4) is 0 Å². The van der Waals surface area contributed by atoms with E-state index < -0.39 is 6.10 Å². The van der Waals surface area contributed by atoms with Gasteiger partial charge in [-0.2, -0.15) is 0 Å². The van der Waals surface area contributed by atoms with Crippen molar-refractivity contribution < 1.29 is 14.6 Å². The van der Waals surface area contributed by atoms with Crippen molar-refractivity contribution >= 4 is 11.5 Å². The van der Waals surface area contributed by atoms with Gasteiger partial charge in [0.25, 0.3) is 0 Å². The van der Waals surface area contributed by atoms with Gasteiger partial charge in [0.15, 0.2) is 0 Å². The highest BCUT2D eigenvalue weighted by Gasteiger charge is 2.31. The lowest BCUT2D eigenvalue weighted by Crippen LogP contribution is -2.33. The van der Waals surface area contributed by atoms with E-state index in [1.807, 2.05) is 0 Å². The molecule has 1 aromatic carbocycles. The highest BCUT2D eigenvalue weighted by molar-refractivity contribution is 5.78. The summed E-state index contributed by atoms with van der Waals surface area (Å²) in [6.07, 6.45) is 9.62. The molecule has 1 heterocycles. The molecule has 0 aromatic heterocycles. The van der Waals surface area contributed by atoms with Crippen LogP contribution in [0.4, 0.5) is 0 Å². The van der Waals surface area contributed by atoms with E-state index in [0.29, 0.717) is 12.3 Å². The van der Waals surface area contributed by atoms with Gasteiger partial charge in [-0.25, -0.2) is 0 Å². The number of aryl methyl sites for hydroxylation is 2. The first-order valence-corrected chi connectivity index (χ1v) is 9.70. The van der Waals surface area contributed by atoms with Gasteiger partial charge in [0.05, 0.1) is 12.5 Å². The summed E-state index contributed by atoms with van der Waals surface area (Å²) < 4.78 is 5.66. The first-order valence-electron chi connectivity index (χ1n) is 9.70. The summed E-state index contributed by atoms with van der Waals surface area (Å²) in [5.74, 6) is 0.247. The van der Waals surface area contributed by atoms with Gasteiger partial charge in [-0.15, -0.1) is 0 Å². The third-order valence-electron chi connectivity index (χ3n) is 5.52. The SMILES string of the molecule is Cc1ccc(C(=CC2CCCCCC2)C2CC(O)CC(=O)O2)c(C)c1. The quantitative estimate of drug-likeness (QED) is 0.638. The fourth-order valence-electron chi connectivity index (χ4n) is 4.21. The van der Waals surface area contributed by atoms with Crippen LogP contribution in [0.25, 0.3) is 5.57 Å². The molecule has 1 saturated carbocycles. The molecule has 1 aliphatic carbocycles. The summed E-state index contributed by atoms with van der Waals surface area (Å²) in [5, 5.41) is 10.1. The summed E-state index contributed by atoms with van der Waals surface area (Å²) in [4.78, 5) is 11.9. The first-order chi connectivity index (χ1) is 12.0. The molecule has 3 rings (SSSR count). The van der Waals surface area contributed by atoms with Crippen LogP contribution < -0.4 is 0 Å². The largest absolute Gasteiger partial charge is 0.457 e. The summed E-state index contributed by atoms with van der Waals surface area (Å²) in [7, 11) is 0. The van der Waals surface area contributed by atoms with E-state index in [1.54, 1.807) is 0 Å². The zero-order valence-electron chi connectivity index (χ0n) is 15.5. The third-order valence-corrected chi connectivity index (χ3v) is 5.52. The molecule has 0 radical (unpaired) electrons. The molecule has 2 unspecified atom stereocenters. The number of aliphatic hydroxyl groups is 1. The summed E-state index contributed by atoms with van der Waals surface area (Å²) in [6.45, 7) is 4.21. The van der Waals surface area contributed by atoms with E-state index in [1.165, 1.54) is 49.7 Å². The molecule has 25 heavy (non-hydrogen) atoms. The normalized spacial score (nSPS) is 26.2. The van der Waals surface area contributed by atoms with Crippen LogP contribution in [-0.2, 0) is 9.53 Å². The number of ether oxygens (including phenoxy) is 1. The number of hydrogen-bond acceptors (Lipinski definition) is 3. The number of carbonyl (C=O) groups is 1. The van der Waals surface area contributed by atoms with Crippen LogP contribution in [0, 0.1) is 19.8 Å². The van der Waals surface area contributed by atoms with E-state index in [-0.39, 0.29) is 18.5 Å². The van der Waals surface area contributed by atoms with Gasteiger partial charge in [-0.05, 0) is 49.3 Å². The van der Waals surface area contributed by atoms with Crippen LogP contribution in [0.3, 0.4) is 0 Å². The maximum atomic E-state index is 11.9. The van der Waals surface area contributed by atoms with E-state index in [4.69, 9.17) is 4.74 Å². The number of benzene rings is 1. The predicted molar refractivity (Wildman–Crippen MR) is 100 cm³/mol. The van der Waals surface area contributed by atoms with Crippen LogP contribution in [0.1, 0.15) is 68.1 Å². The number of allylic oxidation sites excluding steroid dienone is 1. The molecule has 1 aromatic rings. The number of rotatable bonds is 3. The van der Waals surface area contributed by atoms with Gasteiger partial charge in [0, 0.05) is 6.42 Å². The monoisotopic (exact) mass is 342 g/mol. The number of cyclic esters (lactones) is 1. The molecule has 136 valence electrons. The van der Waals surface area contributed by atoms with Gasteiger partial charge >= 0.3 is 5.97 Å². The standard InChI is InChI=1S/C22H30O3/c1-15-9-10-19(16(2)11-15)20(12-17-7-5-3-4-6-8-17)21-13-18(23)14-22(24)25-21/h9-12,17-18,21,23H,3-8,13-14H2,1-2H3.